The first kappa shape index (κ1) is 19.0. The van der Waals surface area contributed by atoms with Crippen molar-refractivity contribution in [1.82, 2.24) is 34.7 Å². The van der Waals surface area contributed by atoms with Crippen LogP contribution >= 0.6 is 0 Å². The third-order valence-electron chi connectivity index (χ3n) is 6.00. The van der Waals surface area contributed by atoms with Gasteiger partial charge in [-0.2, -0.15) is 5.10 Å². The monoisotopic (exact) mass is 443 g/mol. The van der Waals surface area contributed by atoms with Crippen LogP contribution in [0.25, 0.3) is 5.52 Å². The van der Waals surface area contributed by atoms with Crippen molar-refractivity contribution in [1.29, 1.82) is 0 Å². The van der Waals surface area contributed by atoms with Crippen LogP contribution in [-0.2, 0) is 6.42 Å². The van der Waals surface area contributed by atoms with Gasteiger partial charge in [0, 0.05) is 43.6 Å². The second kappa shape index (κ2) is 6.65. The van der Waals surface area contributed by atoms with Crippen LogP contribution in [0, 0.1) is 5.82 Å². The number of carbonyl (C=O) groups is 1. The second-order valence-corrected chi connectivity index (χ2v) is 8.08. The molecule has 12 heteroatoms. The van der Waals surface area contributed by atoms with Gasteiger partial charge in [0.15, 0.2) is 0 Å². The van der Waals surface area contributed by atoms with E-state index in [0.29, 0.717) is 24.4 Å². The maximum atomic E-state index is 14.2. The number of hydrogen-bond donors (Lipinski definition) is 1. The fraction of sp³-hybridized carbons (Fsp3) is 0.350. The number of fused-ring (bicyclic) bond motifs is 2. The van der Waals surface area contributed by atoms with Gasteiger partial charge in [0.2, 0.25) is 11.8 Å². The van der Waals surface area contributed by atoms with Crippen molar-refractivity contribution in [2.75, 3.05) is 6.54 Å². The zero-order valence-electron chi connectivity index (χ0n) is 16.5. The van der Waals surface area contributed by atoms with Gasteiger partial charge in [-0.05, 0) is 18.2 Å². The third kappa shape index (κ3) is 2.89. The van der Waals surface area contributed by atoms with E-state index < -0.39 is 29.6 Å². The molecule has 0 saturated heterocycles. The highest BCUT2D eigenvalue weighted by molar-refractivity contribution is 5.90. The lowest BCUT2D eigenvalue weighted by Crippen LogP contribution is -2.41. The quantitative estimate of drug-likeness (QED) is 0.522. The van der Waals surface area contributed by atoms with Crippen molar-refractivity contribution in [3.8, 4) is 0 Å². The SMILES string of the molecule is O=C(c1nnc(C2CC(F)(F)C2)o1)N1CCc2[nH]cnc2C1c1cc2c(F)cccn2n1. The van der Waals surface area contributed by atoms with E-state index in [9.17, 15) is 18.0 Å². The highest BCUT2D eigenvalue weighted by Crippen LogP contribution is 2.47. The van der Waals surface area contributed by atoms with Crippen molar-refractivity contribution in [2.45, 2.75) is 37.1 Å². The highest BCUT2D eigenvalue weighted by Gasteiger charge is 2.49. The summed E-state index contributed by atoms with van der Waals surface area (Å²) < 4.78 is 47.5. The summed E-state index contributed by atoms with van der Waals surface area (Å²) in [7, 11) is 0. The number of nitrogens with zero attached hydrogens (tertiary/aromatic N) is 6. The molecule has 1 unspecified atom stereocenters. The Bertz CT molecular complexity index is 1340. The molecule has 1 saturated carbocycles. The zero-order valence-corrected chi connectivity index (χ0v) is 16.5. The molecule has 4 aromatic heterocycles. The van der Waals surface area contributed by atoms with Crippen LogP contribution in [0.2, 0.25) is 0 Å². The van der Waals surface area contributed by atoms with Crippen LogP contribution < -0.4 is 0 Å². The van der Waals surface area contributed by atoms with Crippen molar-refractivity contribution in [3.63, 3.8) is 0 Å². The van der Waals surface area contributed by atoms with Gasteiger partial charge in [0.25, 0.3) is 0 Å². The van der Waals surface area contributed by atoms with Gasteiger partial charge in [0.05, 0.1) is 17.7 Å². The van der Waals surface area contributed by atoms with E-state index >= 15 is 0 Å². The summed E-state index contributed by atoms with van der Waals surface area (Å²) >= 11 is 0. The first-order valence-corrected chi connectivity index (χ1v) is 10.1. The molecule has 9 nitrogen and oxygen atoms in total. The number of rotatable bonds is 3. The van der Waals surface area contributed by atoms with E-state index in [4.69, 9.17) is 4.42 Å². The fourth-order valence-electron chi connectivity index (χ4n) is 4.37. The number of aromatic amines is 1. The molecule has 0 radical (unpaired) electrons. The molecule has 4 aromatic rings. The number of carbonyl (C=O) groups excluding carboxylic acids is 1. The minimum Gasteiger partial charge on any atom is -0.417 e. The highest BCUT2D eigenvalue weighted by atomic mass is 19.3. The van der Waals surface area contributed by atoms with Gasteiger partial charge < -0.3 is 14.3 Å². The maximum Gasteiger partial charge on any atom is 0.312 e. The predicted molar refractivity (Wildman–Crippen MR) is 102 cm³/mol. The first-order valence-electron chi connectivity index (χ1n) is 10.1. The molecule has 1 amide bonds. The van der Waals surface area contributed by atoms with E-state index in [1.165, 1.54) is 27.9 Å². The number of H-pyrrole nitrogens is 1. The molecule has 1 atom stereocenters. The molecule has 0 bridgehead atoms. The van der Waals surface area contributed by atoms with Gasteiger partial charge in [0.1, 0.15) is 17.4 Å². The molecular formula is C20H16F3N7O2. The number of pyridine rings is 1. The number of aromatic nitrogens is 6. The van der Waals surface area contributed by atoms with Crippen LogP contribution in [-0.4, -0.2) is 53.1 Å². The van der Waals surface area contributed by atoms with Crippen LogP contribution in [0.1, 0.15) is 58.5 Å². The van der Waals surface area contributed by atoms with E-state index in [1.807, 2.05) is 0 Å². The molecule has 5 heterocycles. The standard InChI is InChI=1S/C20H16F3N7O2/c21-11-2-1-4-30-14(11)6-13(28-30)16-15-12(24-9-25-15)3-5-29(16)19(31)18-27-26-17(32-18)10-7-20(22,23)8-10/h1-2,4,6,9-10,16H,3,5,7-8H2,(H,24,25). The lowest BCUT2D eigenvalue weighted by atomic mass is 9.81. The van der Waals surface area contributed by atoms with E-state index in [1.54, 1.807) is 12.3 Å². The molecule has 0 spiro atoms. The van der Waals surface area contributed by atoms with Gasteiger partial charge in [-0.1, -0.05) is 0 Å². The number of alkyl halides is 2. The summed E-state index contributed by atoms with van der Waals surface area (Å²) in [6, 6.07) is 3.72. The van der Waals surface area contributed by atoms with Crippen molar-refractivity contribution < 1.29 is 22.4 Å². The first-order chi connectivity index (χ1) is 15.4. The summed E-state index contributed by atoms with van der Waals surface area (Å²) in [6.07, 6.45) is 2.90. The van der Waals surface area contributed by atoms with Crippen LogP contribution in [0.5, 0.6) is 0 Å². The molecule has 32 heavy (non-hydrogen) atoms. The average molecular weight is 443 g/mol. The Hall–Kier alpha value is -3.70. The van der Waals surface area contributed by atoms with Crippen LogP contribution in [0.15, 0.2) is 35.1 Å². The Labute approximate surface area is 178 Å². The molecule has 2 aliphatic rings. The largest absolute Gasteiger partial charge is 0.417 e. The summed E-state index contributed by atoms with van der Waals surface area (Å²) in [6.45, 7) is 0.300. The van der Waals surface area contributed by atoms with Gasteiger partial charge in [-0.3, -0.25) is 4.79 Å². The van der Waals surface area contributed by atoms with Crippen molar-refractivity contribution in [3.05, 3.63) is 65.4 Å². The second-order valence-electron chi connectivity index (χ2n) is 8.08. The van der Waals surface area contributed by atoms with Crippen molar-refractivity contribution >= 4 is 11.4 Å². The molecule has 1 aliphatic carbocycles. The third-order valence-corrected chi connectivity index (χ3v) is 6.00. The molecular weight excluding hydrogens is 427 g/mol. The van der Waals surface area contributed by atoms with Gasteiger partial charge >= 0.3 is 11.8 Å². The number of amides is 1. The Kier molecular flexibility index (Phi) is 3.95. The minimum atomic E-state index is -2.74. The molecule has 1 N–H and O–H groups in total. The van der Waals surface area contributed by atoms with E-state index in [-0.39, 0.29) is 30.1 Å². The minimum absolute atomic E-state index is 0.0306. The van der Waals surface area contributed by atoms with E-state index in [0.717, 1.165) is 5.69 Å². The summed E-state index contributed by atoms with van der Waals surface area (Å²) in [4.78, 5) is 22.2. The normalized spacial score (nSPS) is 20.3. The molecule has 1 aliphatic heterocycles. The lowest BCUT2D eigenvalue weighted by molar-refractivity contribution is -0.0919. The number of hydrogen-bond acceptors (Lipinski definition) is 6. The molecule has 164 valence electrons. The number of halogens is 3. The fourth-order valence-corrected chi connectivity index (χ4v) is 4.37. The summed E-state index contributed by atoms with van der Waals surface area (Å²) in [5, 5.41) is 12.1. The van der Waals surface area contributed by atoms with Gasteiger partial charge in [-0.15, -0.1) is 10.2 Å². The molecule has 0 aromatic carbocycles. The van der Waals surface area contributed by atoms with E-state index in [2.05, 4.69) is 25.3 Å². The Morgan fingerprint density at radius 2 is 2.12 bits per heavy atom. The molecule has 1 fully saturated rings. The Morgan fingerprint density at radius 1 is 1.28 bits per heavy atom. The van der Waals surface area contributed by atoms with Crippen LogP contribution in [0.3, 0.4) is 0 Å². The number of nitrogens with one attached hydrogen (secondary N) is 1. The molecule has 6 rings (SSSR count). The average Bonchev–Trinajstić information content (AvgIpc) is 3.49. The van der Waals surface area contributed by atoms with Gasteiger partial charge in [-0.25, -0.2) is 22.7 Å². The smallest absolute Gasteiger partial charge is 0.312 e. The number of imidazole rings is 1. The predicted octanol–water partition coefficient (Wildman–Crippen LogP) is 2.88. The lowest BCUT2D eigenvalue weighted by Gasteiger charge is -2.33. The maximum absolute atomic E-state index is 14.2. The van der Waals surface area contributed by atoms with Crippen molar-refractivity contribution in [2.24, 2.45) is 0 Å². The summed E-state index contributed by atoms with van der Waals surface area (Å²) in [5.41, 5.74) is 2.13. The zero-order chi connectivity index (χ0) is 22.0. The Balaban J connectivity index is 1.36. The topological polar surface area (TPSA) is 105 Å². The van der Waals surface area contributed by atoms with Crippen LogP contribution in [0.4, 0.5) is 13.2 Å². The Morgan fingerprint density at radius 3 is 2.91 bits per heavy atom. The summed E-state index contributed by atoms with van der Waals surface area (Å²) in [5.74, 6) is -4.56.